The predicted octanol–water partition coefficient (Wildman–Crippen LogP) is 5.12. The lowest BCUT2D eigenvalue weighted by Crippen LogP contribution is -2.03. The number of nitrogens with two attached hydrogens (primary N) is 1. The quantitative estimate of drug-likeness (QED) is 0.775. The molecule has 0 atom stereocenters. The first-order valence-corrected chi connectivity index (χ1v) is 8.03. The number of hydrogen-bond acceptors (Lipinski definition) is 2. The molecule has 0 aliphatic rings. The Balaban J connectivity index is 2.24. The van der Waals surface area contributed by atoms with Gasteiger partial charge in [-0.1, -0.05) is 37.9 Å². The standard InChI is InChI=1S/C16H17Br2NO/c1-10-7-14(8-11(2)16(10)18)20-13-4-3-12(5-6-19)15(17)9-13/h3-4,7-9H,5-6,19H2,1-2H3. The van der Waals surface area contributed by atoms with Gasteiger partial charge in [0.25, 0.3) is 0 Å². The smallest absolute Gasteiger partial charge is 0.128 e. The van der Waals surface area contributed by atoms with E-state index in [9.17, 15) is 0 Å². The van der Waals surface area contributed by atoms with E-state index >= 15 is 0 Å². The van der Waals surface area contributed by atoms with Gasteiger partial charge < -0.3 is 10.5 Å². The number of rotatable bonds is 4. The van der Waals surface area contributed by atoms with E-state index in [1.54, 1.807) is 0 Å². The summed E-state index contributed by atoms with van der Waals surface area (Å²) in [5.41, 5.74) is 9.11. The Morgan fingerprint density at radius 2 is 1.65 bits per heavy atom. The van der Waals surface area contributed by atoms with Crippen LogP contribution in [-0.2, 0) is 6.42 Å². The second-order valence-electron chi connectivity index (χ2n) is 4.77. The third kappa shape index (κ3) is 3.62. The topological polar surface area (TPSA) is 35.2 Å². The highest BCUT2D eigenvalue weighted by atomic mass is 79.9. The third-order valence-electron chi connectivity index (χ3n) is 3.08. The van der Waals surface area contributed by atoms with Crippen LogP contribution in [-0.4, -0.2) is 6.54 Å². The molecule has 0 radical (unpaired) electrons. The molecule has 2 rings (SSSR count). The minimum atomic E-state index is 0.643. The molecule has 0 aliphatic carbocycles. The third-order valence-corrected chi connectivity index (χ3v) is 5.07. The molecule has 0 spiro atoms. The summed E-state index contributed by atoms with van der Waals surface area (Å²) in [6.45, 7) is 4.76. The molecule has 0 saturated carbocycles. The van der Waals surface area contributed by atoms with E-state index in [1.807, 2.05) is 30.3 Å². The van der Waals surface area contributed by atoms with Crippen LogP contribution in [0.15, 0.2) is 39.3 Å². The van der Waals surface area contributed by atoms with Gasteiger partial charge in [0.2, 0.25) is 0 Å². The molecule has 0 aromatic heterocycles. The fraction of sp³-hybridized carbons (Fsp3) is 0.250. The molecule has 106 valence electrons. The Kier molecular flexibility index (Phi) is 5.24. The Morgan fingerprint density at radius 3 is 2.20 bits per heavy atom. The maximum Gasteiger partial charge on any atom is 0.128 e. The van der Waals surface area contributed by atoms with Crippen LogP contribution < -0.4 is 10.5 Å². The normalized spacial score (nSPS) is 10.7. The molecule has 4 heteroatoms. The first kappa shape index (κ1) is 15.5. The van der Waals surface area contributed by atoms with Crippen molar-refractivity contribution < 1.29 is 4.74 Å². The van der Waals surface area contributed by atoms with Crippen molar-refractivity contribution in [1.82, 2.24) is 0 Å². The van der Waals surface area contributed by atoms with Crippen LogP contribution in [0.3, 0.4) is 0 Å². The molecule has 0 saturated heterocycles. The molecule has 2 aromatic carbocycles. The van der Waals surface area contributed by atoms with Gasteiger partial charge in [0.1, 0.15) is 11.5 Å². The largest absolute Gasteiger partial charge is 0.457 e. The van der Waals surface area contributed by atoms with Gasteiger partial charge in [-0.15, -0.1) is 0 Å². The van der Waals surface area contributed by atoms with Crippen molar-refractivity contribution in [3.8, 4) is 11.5 Å². The number of ether oxygens (including phenoxy) is 1. The lowest BCUT2D eigenvalue weighted by Gasteiger charge is -2.11. The minimum absolute atomic E-state index is 0.643. The molecular weight excluding hydrogens is 382 g/mol. The molecule has 0 aliphatic heterocycles. The van der Waals surface area contributed by atoms with Gasteiger partial charge in [0, 0.05) is 8.95 Å². The maximum atomic E-state index is 5.93. The fourth-order valence-corrected chi connectivity index (χ4v) is 2.84. The fourth-order valence-electron chi connectivity index (χ4n) is 2.05. The van der Waals surface area contributed by atoms with Gasteiger partial charge in [0.15, 0.2) is 0 Å². The summed E-state index contributed by atoms with van der Waals surface area (Å²) < 4.78 is 8.09. The lowest BCUT2D eigenvalue weighted by molar-refractivity contribution is 0.481. The van der Waals surface area contributed by atoms with E-state index in [0.29, 0.717) is 6.54 Å². The molecule has 0 fully saturated rings. The Hall–Kier alpha value is -0.840. The minimum Gasteiger partial charge on any atom is -0.457 e. The number of halogens is 2. The highest BCUT2D eigenvalue weighted by molar-refractivity contribution is 9.10. The highest BCUT2D eigenvalue weighted by Crippen LogP contribution is 2.31. The van der Waals surface area contributed by atoms with Gasteiger partial charge in [-0.05, 0) is 67.8 Å². The summed E-state index contributed by atoms with van der Waals surface area (Å²) in [5.74, 6) is 1.67. The van der Waals surface area contributed by atoms with Crippen LogP contribution in [0.25, 0.3) is 0 Å². The van der Waals surface area contributed by atoms with Gasteiger partial charge in [0.05, 0.1) is 0 Å². The molecule has 2 N–H and O–H groups in total. The summed E-state index contributed by atoms with van der Waals surface area (Å²) in [6, 6.07) is 10.1. The van der Waals surface area contributed by atoms with Crippen LogP contribution in [0.4, 0.5) is 0 Å². The maximum absolute atomic E-state index is 5.93. The zero-order valence-corrected chi connectivity index (χ0v) is 14.7. The summed E-state index contributed by atoms with van der Waals surface area (Å²) in [4.78, 5) is 0. The van der Waals surface area contributed by atoms with E-state index < -0.39 is 0 Å². The summed E-state index contributed by atoms with van der Waals surface area (Å²) in [6.07, 6.45) is 0.858. The molecule has 0 heterocycles. The zero-order chi connectivity index (χ0) is 14.7. The van der Waals surface area contributed by atoms with E-state index in [-0.39, 0.29) is 0 Å². The molecule has 0 bridgehead atoms. The molecule has 0 unspecified atom stereocenters. The molecule has 2 nitrogen and oxygen atoms in total. The van der Waals surface area contributed by atoms with E-state index in [4.69, 9.17) is 10.5 Å². The zero-order valence-electron chi connectivity index (χ0n) is 11.5. The van der Waals surface area contributed by atoms with Gasteiger partial charge in [-0.2, -0.15) is 0 Å². The second kappa shape index (κ2) is 6.74. The molecular formula is C16H17Br2NO. The van der Waals surface area contributed by atoms with Crippen molar-refractivity contribution in [1.29, 1.82) is 0 Å². The van der Waals surface area contributed by atoms with Crippen LogP contribution in [0.5, 0.6) is 11.5 Å². The van der Waals surface area contributed by atoms with E-state index in [0.717, 1.165) is 26.9 Å². The SMILES string of the molecule is Cc1cc(Oc2ccc(CCN)c(Br)c2)cc(C)c1Br. The average Bonchev–Trinajstić information content (AvgIpc) is 2.39. The van der Waals surface area contributed by atoms with E-state index in [2.05, 4.69) is 45.7 Å². The summed E-state index contributed by atoms with van der Waals surface area (Å²) >= 11 is 7.12. The predicted molar refractivity (Wildman–Crippen MR) is 90.6 cm³/mol. The Bertz CT molecular complexity index is 603. The lowest BCUT2D eigenvalue weighted by atomic mass is 10.1. The Labute approximate surface area is 136 Å². The van der Waals surface area contributed by atoms with Gasteiger partial charge >= 0.3 is 0 Å². The first-order valence-electron chi connectivity index (χ1n) is 6.44. The van der Waals surface area contributed by atoms with Crippen molar-refractivity contribution in [2.75, 3.05) is 6.54 Å². The van der Waals surface area contributed by atoms with Gasteiger partial charge in [-0.25, -0.2) is 0 Å². The summed E-state index contributed by atoms with van der Waals surface area (Å²) in [5, 5.41) is 0. The monoisotopic (exact) mass is 397 g/mol. The van der Waals surface area contributed by atoms with Crippen molar-refractivity contribution >= 4 is 31.9 Å². The summed E-state index contributed by atoms with van der Waals surface area (Å²) in [7, 11) is 0. The average molecular weight is 399 g/mol. The number of aryl methyl sites for hydroxylation is 2. The van der Waals surface area contributed by atoms with E-state index in [1.165, 1.54) is 16.7 Å². The number of hydrogen-bond donors (Lipinski definition) is 1. The van der Waals surface area contributed by atoms with Crippen molar-refractivity contribution in [3.63, 3.8) is 0 Å². The van der Waals surface area contributed by atoms with Crippen LogP contribution in [0.1, 0.15) is 16.7 Å². The molecule has 0 amide bonds. The van der Waals surface area contributed by atoms with Crippen LogP contribution >= 0.6 is 31.9 Å². The second-order valence-corrected chi connectivity index (χ2v) is 6.41. The highest BCUT2D eigenvalue weighted by Gasteiger charge is 2.06. The van der Waals surface area contributed by atoms with Crippen molar-refractivity contribution in [3.05, 3.63) is 56.0 Å². The molecule has 2 aromatic rings. The molecule has 20 heavy (non-hydrogen) atoms. The van der Waals surface area contributed by atoms with Crippen molar-refractivity contribution in [2.24, 2.45) is 5.73 Å². The van der Waals surface area contributed by atoms with Crippen molar-refractivity contribution in [2.45, 2.75) is 20.3 Å². The Morgan fingerprint density at radius 1 is 1.00 bits per heavy atom. The van der Waals surface area contributed by atoms with Crippen LogP contribution in [0, 0.1) is 13.8 Å². The van der Waals surface area contributed by atoms with Gasteiger partial charge in [-0.3, -0.25) is 0 Å². The van der Waals surface area contributed by atoms with Crippen LogP contribution in [0.2, 0.25) is 0 Å². The first-order chi connectivity index (χ1) is 9.51. The number of benzene rings is 2.